The SMILES string of the molecule is O=C(Cc1c[nH]c2ccccc12)NCCc1ccccc1F. The highest BCUT2D eigenvalue weighted by atomic mass is 19.1. The van der Waals surface area contributed by atoms with E-state index in [1.54, 1.807) is 18.2 Å². The average Bonchev–Trinajstić information content (AvgIpc) is 2.92. The topological polar surface area (TPSA) is 44.9 Å². The summed E-state index contributed by atoms with van der Waals surface area (Å²) in [5.74, 6) is -0.283. The molecule has 3 aromatic rings. The third-order valence-corrected chi connectivity index (χ3v) is 3.70. The van der Waals surface area contributed by atoms with Crippen molar-refractivity contribution in [3.05, 3.63) is 71.7 Å². The lowest BCUT2D eigenvalue weighted by atomic mass is 10.1. The van der Waals surface area contributed by atoms with Crippen LogP contribution in [0.3, 0.4) is 0 Å². The van der Waals surface area contributed by atoms with Gasteiger partial charge in [-0.1, -0.05) is 36.4 Å². The standard InChI is InChI=1S/C18H17FN2O/c19-16-7-3-1-5-13(16)9-10-20-18(22)11-14-12-21-17-8-4-2-6-15(14)17/h1-8,12,21H,9-11H2,(H,20,22). The summed E-state index contributed by atoms with van der Waals surface area (Å²) in [7, 11) is 0. The Balaban J connectivity index is 1.56. The lowest BCUT2D eigenvalue weighted by Gasteiger charge is -2.06. The monoisotopic (exact) mass is 296 g/mol. The number of hydrogen-bond donors (Lipinski definition) is 2. The summed E-state index contributed by atoms with van der Waals surface area (Å²) in [5, 5.41) is 3.90. The highest BCUT2D eigenvalue weighted by Gasteiger charge is 2.08. The average molecular weight is 296 g/mol. The minimum Gasteiger partial charge on any atom is -0.361 e. The molecular weight excluding hydrogens is 279 g/mol. The molecule has 1 heterocycles. The van der Waals surface area contributed by atoms with Crippen molar-refractivity contribution in [3.63, 3.8) is 0 Å². The second kappa shape index (κ2) is 6.43. The van der Waals surface area contributed by atoms with Crippen LogP contribution in [0.2, 0.25) is 0 Å². The van der Waals surface area contributed by atoms with Gasteiger partial charge in [-0.2, -0.15) is 0 Å². The number of aromatic nitrogens is 1. The number of amides is 1. The fourth-order valence-electron chi connectivity index (χ4n) is 2.55. The number of halogens is 1. The largest absolute Gasteiger partial charge is 0.361 e. The van der Waals surface area contributed by atoms with Crippen molar-refractivity contribution in [2.24, 2.45) is 0 Å². The first kappa shape index (κ1) is 14.3. The van der Waals surface area contributed by atoms with E-state index in [0.29, 0.717) is 24.9 Å². The summed E-state index contributed by atoms with van der Waals surface area (Å²) in [6, 6.07) is 14.5. The second-order valence-corrected chi connectivity index (χ2v) is 5.23. The van der Waals surface area contributed by atoms with Gasteiger partial charge >= 0.3 is 0 Å². The number of nitrogens with one attached hydrogen (secondary N) is 2. The number of hydrogen-bond acceptors (Lipinski definition) is 1. The van der Waals surface area contributed by atoms with Gasteiger partial charge in [0.05, 0.1) is 6.42 Å². The summed E-state index contributed by atoms with van der Waals surface area (Å²) < 4.78 is 13.5. The zero-order chi connectivity index (χ0) is 15.4. The molecule has 112 valence electrons. The molecule has 3 nitrogen and oxygen atoms in total. The molecule has 4 heteroatoms. The fourth-order valence-corrected chi connectivity index (χ4v) is 2.55. The van der Waals surface area contributed by atoms with E-state index in [-0.39, 0.29) is 11.7 Å². The molecule has 0 unspecified atom stereocenters. The van der Waals surface area contributed by atoms with E-state index in [1.807, 2.05) is 30.5 Å². The van der Waals surface area contributed by atoms with E-state index in [0.717, 1.165) is 16.5 Å². The summed E-state index contributed by atoms with van der Waals surface area (Å²) in [5.41, 5.74) is 2.62. The molecule has 2 aromatic carbocycles. The van der Waals surface area contributed by atoms with Crippen molar-refractivity contribution >= 4 is 16.8 Å². The first-order chi connectivity index (χ1) is 10.7. The highest BCUT2D eigenvalue weighted by Crippen LogP contribution is 2.17. The minimum absolute atomic E-state index is 0.0545. The quantitative estimate of drug-likeness (QED) is 0.746. The first-order valence-electron chi connectivity index (χ1n) is 7.29. The fraction of sp³-hybridized carbons (Fsp3) is 0.167. The lowest BCUT2D eigenvalue weighted by molar-refractivity contribution is -0.120. The van der Waals surface area contributed by atoms with Crippen LogP contribution in [0.5, 0.6) is 0 Å². The number of fused-ring (bicyclic) bond motifs is 1. The number of aromatic amines is 1. The number of rotatable bonds is 5. The molecule has 0 bridgehead atoms. The normalized spacial score (nSPS) is 10.8. The Bertz CT molecular complexity index is 794. The Hall–Kier alpha value is -2.62. The Morgan fingerprint density at radius 1 is 1.05 bits per heavy atom. The van der Waals surface area contributed by atoms with Gasteiger partial charge in [0.15, 0.2) is 0 Å². The van der Waals surface area contributed by atoms with Crippen LogP contribution in [0.15, 0.2) is 54.7 Å². The number of benzene rings is 2. The predicted molar refractivity (Wildman–Crippen MR) is 85.1 cm³/mol. The van der Waals surface area contributed by atoms with Crippen LogP contribution >= 0.6 is 0 Å². The summed E-state index contributed by atoms with van der Waals surface area (Å²) >= 11 is 0. The Labute approximate surface area is 128 Å². The van der Waals surface area contributed by atoms with Gasteiger partial charge in [-0.3, -0.25) is 4.79 Å². The maximum absolute atomic E-state index is 13.5. The molecule has 0 aliphatic heterocycles. The van der Waals surface area contributed by atoms with Crippen molar-refractivity contribution < 1.29 is 9.18 Å². The number of H-pyrrole nitrogens is 1. The number of para-hydroxylation sites is 1. The molecule has 3 rings (SSSR count). The Morgan fingerprint density at radius 3 is 2.68 bits per heavy atom. The van der Waals surface area contributed by atoms with Crippen LogP contribution in [0.1, 0.15) is 11.1 Å². The minimum atomic E-state index is -0.228. The molecule has 1 aromatic heterocycles. The van der Waals surface area contributed by atoms with E-state index >= 15 is 0 Å². The van der Waals surface area contributed by atoms with Gasteiger partial charge < -0.3 is 10.3 Å². The van der Waals surface area contributed by atoms with E-state index in [4.69, 9.17) is 0 Å². The van der Waals surface area contributed by atoms with Crippen LogP contribution in [0, 0.1) is 5.82 Å². The number of carbonyl (C=O) groups excluding carboxylic acids is 1. The van der Waals surface area contributed by atoms with Crippen LogP contribution in [-0.2, 0) is 17.6 Å². The van der Waals surface area contributed by atoms with E-state index in [2.05, 4.69) is 10.3 Å². The van der Waals surface area contributed by atoms with Crippen molar-refractivity contribution in [1.82, 2.24) is 10.3 Å². The van der Waals surface area contributed by atoms with Gasteiger partial charge in [-0.25, -0.2) is 4.39 Å². The predicted octanol–water partition coefficient (Wildman–Crippen LogP) is 3.21. The van der Waals surface area contributed by atoms with Gasteiger partial charge in [0.25, 0.3) is 0 Å². The van der Waals surface area contributed by atoms with Crippen LogP contribution in [0.25, 0.3) is 10.9 Å². The lowest BCUT2D eigenvalue weighted by Crippen LogP contribution is -2.27. The molecule has 0 saturated heterocycles. The third kappa shape index (κ3) is 3.17. The first-order valence-corrected chi connectivity index (χ1v) is 7.29. The van der Waals surface area contributed by atoms with Crippen LogP contribution < -0.4 is 5.32 Å². The molecule has 0 aliphatic rings. The van der Waals surface area contributed by atoms with Gasteiger partial charge in [0.1, 0.15) is 5.82 Å². The maximum atomic E-state index is 13.5. The van der Waals surface area contributed by atoms with Gasteiger partial charge in [0.2, 0.25) is 5.91 Å². The van der Waals surface area contributed by atoms with E-state index in [9.17, 15) is 9.18 Å². The van der Waals surface area contributed by atoms with Gasteiger partial charge in [-0.05, 0) is 29.7 Å². The molecule has 0 aliphatic carbocycles. The molecule has 22 heavy (non-hydrogen) atoms. The third-order valence-electron chi connectivity index (χ3n) is 3.70. The Morgan fingerprint density at radius 2 is 1.82 bits per heavy atom. The molecule has 0 saturated carbocycles. The van der Waals surface area contributed by atoms with Crippen molar-refractivity contribution in [2.45, 2.75) is 12.8 Å². The Kier molecular flexibility index (Phi) is 4.19. The van der Waals surface area contributed by atoms with Gasteiger partial charge in [-0.15, -0.1) is 0 Å². The highest BCUT2D eigenvalue weighted by molar-refractivity contribution is 5.88. The molecule has 0 fully saturated rings. The molecule has 2 N–H and O–H groups in total. The van der Waals surface area contributed by atoms with Gasteiger partial charge in [0, 0.05) is 23.6 Å². The molecule has 0 radical (unpaired) electrons. The van der Waals surface area contributed by atoms with Crippen molar-refractivity contribution in [3.8, 4) is 0 Å². The maximum Gasteiger partial charge on any atom is 0.224 e. The smallest absolute Gasteiger partial charge is 0.224 e. The zero-order valence-electron chi connectivity index (χ0n) is 12.1. The second-order valence-electron chi connectivity index (χ2n) is 5.23. The number of carbonyl (C=O) groups is 1. The van der Waals surface area contributed by atoms with Crippen LogP contribution in [-0.4, -0.2) is 17.4 Å². The molecular formula is C18H17FN2O. The van der Waals surface area contributed by atoms with Crippen molar-refractivity contribution in [1.29, 1.82) is 0 Å². The van der Waals surface area contributed by atoms with Crippen LogP contribution in [0.4, 0.5) is 4.39 Å². The summed E-state index contributed by atoms with van der Waals surface area (Å²) in [6.45, 7) is 0.433. The van der Waals surface area contributed by atoms with E-state index in [1.165, 1.54) is 6.07 Å². The zero-order valence-corrected chi connectivity index (χ0v) is 12.1. The molecule has 0 atom stereocenters. The van der Waals surface area contributed by atoms with Crippen molar-refractivity contribution in [2.75, 3.05) is 6.54 Å². The summed E-state index contributed by atoms with van der Waals surface area (Å²) in [4.78, 5) is 15.2. The molecule has 1 amide bonds. The molecule has 0 spiro atoms. The summed E-state index contributed by atoms with van der Waals surface area (Å²) in [6.07, 6.45) is 2.68. The van der Waals surface area contributed by atoms with E-state index < -0.39 is 0 Å².